The van der Waals surface area contributed by atoms with Gasteiger partial charge in [0.15, 0.2) is 6.10 Å². The van der Waals surface area contributed by atoms with E-state index in [1.807, 2.05) is 0 Å². The molecule has 24 heavy (non-hydrogen) atoms. The fourth-order valence-electron chi connectivity index (χ4n) is 2.40. The molecule has 0 fully saturated rings. The van der Waals surface area contributed by atoms with E-state index in [1.165, 1.54) is 24.1 Å². The summed E-state index contributed by atoms with van der Waals surface area (Å²) in [5, 5.41) is 2.70. The predicted octanol–water partition coefficient (Wildman–Crippen LogP) is 1.61. The maximum Gasteiger partial charge on any atom is 0.357 e. The minimum Gasteiger partial charge on any atom is -0.448 e. The van der Waals surface area contributed by atoms with E-state index in [0.29, 0.717) is 11.4 Å². The lowest BCUT2D eigenvalue weighted by Gasteiger charge is -2.30. The first-order valence-electron chi connectivity index (χ1n) is 7.38. The number of para-hydroxylation sites is 2. The fraction of sp³-hybridized carbons (Fsp3) is 0.176. The molecule has 1 aromatic heterocycles. The van der Waals surface area contributed by atoms with Gasteiger partial charge in [-0.1, -0.05) is 18.2 Å². The van der Waals surface area contributed by atoms with Crippen molar-refractivity contribution in [2.75, 3.05) is 16.8 Å². The molecule has 1 aliphatic rings. The molecule has 0 bridgehead atoms. The van der Waals surface area contributed by atoms with E-state index >= 15 is 0 Å². The van der Waals surface area contributed by atoms with Crippen molar-refractivity contribution in [3.05, 3.63) is 54.4 Å². The molecule has 2 aromatic rings. The Labute approximate surface area is 138 Å². The van der Waals surface area contributed by atoms with Crippen molar-refractivity contribution in [3.8, 4) is 0 Å². The SMILES string of the molecule is C[C@@H](OC(=O)c1ccccn1)C(=O)N1CC(=O)Nc2ccccc21. The van der Waals surface area contributed by atoms with Crippen LogP contribution in [0.3, 0.4) is 0 Å². The van der Waals surface area contributed by atoms with Crippen molar-refractivity contribution >= 4 is 29.2 Å². The van der Waals surface area contributed by atoms with Gasteiger partial charge in [0, 0.05) is 6.20 Å². The lowest BCUT2D eigenvalue weighted by molar-refractivity contribution is -0.128. The topological polar surface area (TPSA) is 88.6 Å². The van der Waals surface area contributed by atoms with E-state index in [4.69, 9.17) is 4.74 Å². The number of hydrogen-bond acceptors (Lipinski definition) is 5. The minimum atomic E-state index is -1.04. The molecule has 0 saturated carbocycles. The molecular formula is C17H15N3O4. The summed E-state index contributed by atoms with van der Waals surface area (Å²) < 4.78 is 5.18. The molecule has 2 amide bonds. The third-order valence-electron chi connectivity index (χ3n) is 3.54. The fourth-order valence-corrected chi connectivity index (χ4v) is 2.40. The molecule has 122 valence electrons. The summed E-state index contributed by atoms with van der Waals surface area (Å²) in [7, 11) is 0. The number of ether oxygens (including phenoxy) is 1. The molecule has 7 nitrogen and oxygen atoms in total. The number of esters is 1. The molecule has 1 aromatic carbocycles. The molecule has 1 aliphatic heterocycles. The van der Waals surface area contributed by atoms with Crippen LogP contribution in [0.2, 0.25) is 0 Å². The van der Waals surface area contributed by atoms with E-state index in [-0.39, 0.29) is 18.1 Å². The third kappa shape index (κ3) is 3.10. The smallest absolute Gasteiger partial charge is 0.357 e. The average molecular weight is 325 g/mol. The monoisotopic (exact) mass is 325 g/mol. The first-order valence-corrected chi connectivity index (χ1v) is 7.38. The molecule has 7 heteroatoms. The van der Waals surface area contributed by atoms with Crippen LogP contribution in [0.4, 0.5) is 11.4 Å². The van der Waals surface area contributed by atoms with E-state index < -0.39 is 18.0 Å². The zero-order valence-corrected chi connectivity index (χ0v) is 12.9. The number of benzene rings is 1. The van der Waals surface area contributed by atoms with Gasteiger partial charge in [-0.2, -0.15) is 0 Å². The summed E-state index contributed by atoms with van der Waals surface area (Å²) in [5.74, 6) is -1.46. The van der Waals surface area contributed by atoms with Crippen LogP contribution in [0.15, 0.2) is 48.7 Å². The number of nitrogens with one attached hydrogen (secondary N) is 1. The number of pyridine rings is 1. The summed E-state index contributed by atoms with van der Waals surface area (Å²) in [6.07, 6.45) is 0.423. The lowest BCUT2D eigenvalue weighted by atomic mass is 10.1. The highest BCUT2D eigenvalue weighted by Gasteiger charge is 2.31. The van der Waals surface area contributed by atoms with E-state index in [1.54, 1.807) is 36.4 Å². The van der Waals surface area contributed by atoms with Crippen LogP contribution in [0.1, 0.15) is 17.4 Å². The number of hydrogen-bond donors (Lipinski definition) is 1. The van der Waals surface area contributed by atoms with Gasteiger partial charge in [0.25, 0.3) is 5.91 Å². The number of nitrogens with zero attached hydrogens (tertiary/aromatic N) is 2. The second-order valence-electron chi connectivity index (χ2n) is 5.25. The molecule has 1 N–H and O–H groups in total. The van der Waals surface area contributed by atoms with Gasteiger partial charge in [-0.25, -0.2) is 9.78 Å². The number of aromatic nitrogens is 1. The molecule has 0 aliphatic carbocycles. The Morgan fingerprint density at radius 2 is 1.96 bits per heavy atom. The van der Waals surface area contributed by atoms with Crippen molar-refractivity contribution in [1.82, 2.24) is 4.98 Å². The summed E-state index contributed by atoms with van der Waals surface area (Å²) >= 11 is 0. The Hall–Kier alpha value is -3.22. The first-order chi connectivity index (χ1) is 11.6. The number of anilines is 2. The first kappa shape index (κ1) is 15.7. The highest BCUT2D eigenvalue weighted by molar-refractivity contribution is 6.11. The van der Waals surface area contributed by atoms with Gasteiger partial charge in [-0.3, -0.25) is 14.5 Å². The highest BCUT2D eigenvalue weighted by atomic mass is 16.5. The van der Waals surface area contributed by atoms with Crippen molar-refractivity contribution in [1.29, 1.82) is 0 Å². The number of carbonyl (C=O) groups excluding carboxylic acids is 3. The summed E-state index contributed by atoms with van der Waals surface area (Å²) in [6, 6.07) is 11.8. The van der Waals surface area contributed by atoms with Gasteiger partial charge < -0.3 is 10.1 Å². The predicted molar refractivity (Wildman–Crippen MR) is 86.5 cm³/mol. The second-order valence-corrected chi connectivity index (χ2v) is 5.25. The lowest BCUT2D eigenvalue weighted by Crippen LogP contribution is -2.47. The molecule has 0 spiro atoms. The minimum absolute atomic E-state index is 0.119. The molecule has 2 heterocycles. The van der Waals surface area contributed by atoms with Crippen LogP contribution < -0.4 is 10.2 Å². The molecule has 3 rings (SSSR count). The summed E-state index contributed by atoms with van der Waals surface area (Å²) in [5.41, 5.74) is 1.24. The van der Waals surface area contributed by atoms with Gasteiger partial charge in [0.2, 0.25) is 5.91 Å². The quantitative estimate of drug-likeness (QED) is 0.866. The number of rotatable bonds is 3. The van der Waals surface area contributed by atoms with Crippen LogP contribution in [-0.2, 0) is 14.3 Å². The van der Waals surface area contributed by atoms with Gasteiger partial charge >= 0.3 is 5.97 Å². The third-order valence-corrected chi connectivity index (χ3v) is 3.54. The van der Waals surface area contributed by atoms with Gasteiger partial charge in [0.1, 0.15) is 12.2 Å². The standard InChI is InChI=1S/C17H15N3O4/c1-11(24-17(23)13-7-4-5-9-18-13)16(22)20-10-15(21)19-12-6-2-3-8-14(12)20/h2-9,11H,10H2,1H3,(H,19,21)/t11-/m1/s1. The van der Waals surface area contributed by atoms with Gasteiger partial charge in [-0.05, 0) is 31.2 Å². The number of carbonyl (C=O) groups is 3. The summed E-state index contributed by atoms with van der Waals surface area (Å²) in [6.45, 7) is 1.35. The number of fused-ring (bicyclic) bond motifs is 1. The van der Waals surface area contributed by atoms with Crippen molar-refractivity contribution in [2.24, 2.45) is 0 Å². The van der Waals surface area contributed by atoms with Crippen LogP contribution in [0.5, 0.6) is 0 Å². The molecule has 1 atom stereocenters. The second kappa shape index (κ2) is 6.49. The maximum atomic E-state index is 12.6. The maximum absolute atomic E-state index is 12.6. The normalized spacial score (nSPS) is 14.4. The van der Waals surface area contributed by atoms with Crippen LogP contribution in [0.25, 0.3) is 0 Å². The average Bonchev–Trinajstić information content (AvgIpc) is 2.61. The van der Waals surface area contributed by atoms with Gasteiger partial charge in [0.05, 0.1) is 11.4 Å². The van der Waals surface area contributed by atoms with E-state index in [0.717, 1.165) is 0 Å². The Morgan fingerprint density at radius 3 is 2.71 bits per heavy atom. The van der Waals surface area contributed by atoms with Crippen molar-refractivity contribution in [3.63, 3.8) is 0 Å². The van der Waals surface area contributed by atoms with Crippen molar-refractivity contribution < 1.29 is 19.1 Å². The molecule has 0 saturated heterocycles. The van der Waals surface area contributed by atoms with E-state index in [9.17, 15) is 14.4 Å². The number of amides is 2. The zero-order chi connectivity index (χ0) is 17.1. The zero-order valence-electron chi connectivity index (χ0n) is 12.9. The molecule has 0 radical (unpaired) electrons. The largest absolute Gasteiger partial charge is 0.448 e. The molecular weight excluding hydrogens is 310 g/mol. The van der Waals surface area contributed by atoms with Crippen LogP contribution >= 0.6 is 0 Å². The van der Waals surface area contributed by atoms with Crippen LogP contribution in [-0.4, -0.2) is 35.4 Å². The van der Waals surface area contributed by atoms with E-state index in [2.05, 4.69) is 10.3 Å². The Kier molecular flexibility index (Phi) is 4.24. The van der Waals surface area contributed by atoms with Crippen LogP contribution in [0, 0.1) is 0 Å². The Bertz CT molecular complexity index is 791. The molecule has 0 unspecified atom stereocenters. The summed E-state index contributed by atoms with van der Waals surface area (Å²) in [4.78, 5) is 41.6. The van der Waals surface area contributed by atoms with Crippen molar-refractivity contribution in [2.45, 2.75) is 13.0 Å². The van der Waals surface area contributed by atoms with Gasteiger partial charge in [-0.15, -0.1) is 0 Å². The Morgan fingerprint density at radius 1 is 1.21 bits per heavy atom. The highest BCUT2D eigenvalue weighted by Crippen LogP contribution is 2.29. The Balaban J connectivity index is 1.77.